The lowest BCUT2D eigenvalue weighted by atomic mass is 10.1. The minimum atomic E-state index is -0.304. The molecular formula is C19H15BrN2O2S2. The van der Waals surface area contributed by atoms with Crippen LogP contribution in [0, 0.1) is 0 Å². The van der Waals surface area contributed by atoms with E-state index in [0.717, 1.165) is 26.2 Å². The fourth-order valence-corrected chi connectivity index (χ4v) is 3.96. The lowest BCUT2D eigenvalue weighted by Gasteiger charge is -2.15. The smallest absolute Gasteiger partial charge is 0.273 e. The molecule has 0 radical (unpaired) electrons. The molecule has 7 heteroatoms. The van der Waals surface area contributed by atoms with Crippen LogP contribution in [0.1, 0.15) is 18.1 Å². The minimum absolute atomic E-state index is 0.183. The van der Waals surface area contributed by atoms with E-state index < -0.39 is 0 Å². The molecule has 1 aliphatic heterocycles. The van der Waals surface area contributed by atoms with Crippen LogP contribution in [-0.4, -0.2) is 21.1 Å². The zero-order chi connectivity index (χ0) is 18.7. The van der Waals surface area contributed by atoms with Crippen LogP contribution < -0.4 is 5.43 Å². The van der Waals surface area contributed by atoms with Gasteiger partial charge in [-0.05, 0) is 48.0 Å². The number of benzene rings is 2. The molecule has 0 atom stereocenters. The summed E-state index contributed by atoms with van der Waals surface area (Å²) in [6, 6.07) is 17.0. The third-order valence-corrected chi connectivity index (χ3v) is 5.83. The van der Waals surface area contributed by atoms with Crippen molar-refractivity contribution in [3.63, 3.8) is 0 Å². The van der Waals surface area contributed by atoms with E-state index in [1.165, 1.54) is 11.8 Å². The summed E-state index contributed by atoms with van der Waals surface area (Å²) >= 11 is 9.88. The second-order valence-corrected chi connectivity index (χ2v) is 8.23. The summed E-state index contributed by atoms with van der Waals surface area (Å²) in [5, 5.41) is 1.16. The van der Waals surface area contributed by atoms with Gasteiger partial charge in [-0.1, -0.05) is 70.2 Å². The first kappa shape index (κ1) is 18.8. The summed E-state index contributed by atoms with van der Waals surface area (Å²) in [5.41, 5.74) is 5.25. The van der Waals surface area contributed by atoms with Gasteiger partial charge < -0.3 is 0 Å². The molecule has 1 heterocycles. The summed E-state index contributed by atoms with van der Waals surface area (Å²) in [7, 11) is 0. The number of thiocarbonyl (C=S) groups is 1. The van der Waals surface area contributed by atoms with Crippen molar-refractivity contribution in [2.45, 2.75) is 13.3 Å². The van der Waals surface area contributed by atoms with Gasteiger partial charge in [0.05, 0.1) is 11.3 Å². The zero-order valence-corrected chi connectivity index (χ0v) is 17.1. The molecule has 0 unspecified atom stereocenters. The molecule has 0 aliphatic carbocycles. The number of rotatable bonds is 4. The van der Waals surface area contributed by atoms with Crippen molar-refractivity contribution in [2.75, 3.05) is 0 Å². The predicted octanol–water partition coefficient (Wildman–Crippen LogP) is 4.31. The number of hydrogen-bond donors (Lipinski definition) is 1. The summed E-state index contributed by atoms with van der Waals surface area (Å²) in [4.78, 5) is 25.5. The molecule has 4 nitrogen and oxygen atoms in total. The zero-order valence-electron chi connectivity index (χ0n) is 13.9. The fourth-order valence-electron chi connectivity index (χ4n) is 2.47. The number of hydrogen-bond acceptors (Lipinski definition) is 4. The molecule has 26 heavy (non-hydrogen) atoms. The number of amides is 2. The average molecular weight is 447 g/mol. The van der Waals surface area contributed by atoms with Crippen LogP contribution in [0.2, 0.25) is 0 Å². The molecule has 2 aromatic rings. The Morgan fingerprint density at radius 2 is 1.81 bits per heavy atom. The van der Waals surface area contributed by atoms with E-state index in [1.54, 1.807) is 0 Å². The maximum atomic E-state index is 12.7. The monoisotopic (exact) mass is 446 g/mol. The Hall–Kier alpha value is -1.96. The summed E-state index contributed by atoms with van der Waals surface area (Å²) in [5.74, 6) is -0.586. The van der Waals surface area contributed by atoms with Gasteiger partial charge in [-0.3, -0.25) is 15.0 Å². The second-order valence-electron chi connectivity index (χ2n) is 5.67. The van der Waals surface area contributed by atoms with Crippen molar-refractivity contribution in [1.29, 1.82) is 0 Å². The van der Waals surface area contributed by atoms with Crippen LogP contribution in [0.3, 0.4) is 0 Å². The maximum absolute atomic E-state index is 12.7. The number of hydrazine groups is 1. The van der Waals surface area contributed by atoms with Gasteiger partial charge in [0.15, 0.2) is 4.32 Å². The highest BCUT2D eigenvalue weighted by Gasteiger charge is 2.35. The van der Waals surface area contributed by atoms with E-state index >= 15 is 0 Å². The molecule has 1 N–H and O–H groups in total. The van der Waals surface area contributed by atoms with Gasteiger partial charge in [-0.2, -0.15) is 5.01 Å². The molecule has 132 valence electrons. The summed E-state index contributed by atoms with van der Waals surface area (Å²) < 4.78 is 1.29. The van der Waals surface area contributed by atoms with Crippen LogP contribution in [0.4, 0.5) is 0 Å². The molecule has 2 amide bonds. The van der Waals surface area contributed by atoms with Gasteiger partial charge in [0, 0.05) is 4.47 Å². The highest BCUT2D eigenvalue weighted by Crippen LogP contribution is 2.35. The quantitative estimate of drug-likeness (QED) is 0.561. The maximum Gasteiger partial charge on any atom is 0.285 e. The largest absolute Gasteiger partial charge is 0.285 e. The van der Waals surface area contributed by atoms with Gasteiger partial charge in [0.2, 0.25) is 5.91 Å². The highest BCUT2D eigenvalue weighted by atomic mass is 79.9. The Labute approximate surface area is 169 Å². The lowest BCUT2D eigenvalue weighted by Crippen LogP contribution is -2.45. The van der Waals surface area contributed by atoms with Crippen LogP contribution in [0.25, 0.3) is 5.57 Å². The molecule has 0 aromatic heterocycles. The molecule has 0 saturated carbocycles. The second kappa shape index (κ2) is 8.16. The first-order valence-corrected chi connectivity index (χ1v) is 9.84. The number of thioether (sulfide) groups is 1. The first-order chi connectivity index (χ1) is 12.5. The third-order valence-electron chi connectivity index (χ3n) is 3.83. The van der Waals surface area contributed by atoms with Gasteiger partial charge in [-0.25, -0.2) is 0 Å². The van der Waals surface area contributed by atoms with Crippen LogP contribution in [0.5, 0.6) is 0 Å². The normalized spacial score (nSPS) is 16.0. The summed E-state index contributed by atoms with van der Waals surface area (Å²) in [6.45, 7) is 1.88. The Bertz CT molecular complexity index is 896. The van der Waals surface area contributed by atoms with E-state index in [1.807, 2.05) is 61.5 Å². The van der Waals surface area contributed by atoms with Crippen molar-refractivity contribution in [3.8, 4) is 0 Å². The number of allylic oxidation sites excluding steroid dienone is 1. The predicted molar refractivity (Wildman–Crippen MR) is 112 cm³/mol. The van der Waals surface area contributed by atoms with E-state index in [-0.39, 0.29) is 18.2 Å². The van der Waals surface area contributed by atoms with Gasteiger partial charge in [0.1, 0.15) is 0 Å². The van der Waals surface area contributed by atoms with Crippen LogP contribution in [-0.2, 0) is 16.0 Å². The number of nitrogens with zero attached hydrogens (tertiary/aromatic N) is 1. The van der Waals surface area contributed by atoms with Crippen molar-refractivity contribution < 1.29 is 9.59 Å². The SMILES string of the molecule is C/C(=C1/SC(=S)N(NC(=O)Cc2ccccc2)C1=O)c1ccc(Br)cc1. The van der Waals surface area contributed by atoms with E-state index in [4.69, 9.17) is 12.2 Å². The number of carbonyl (C=O) groups is 2. The molecular weight excluding hydrogens is 432 g/mol. The van der Waals surface area contributed by atoms with Crippen molar-refractivity contribution >= 4 is 61.6 Å². The lowest BCUT2D eigenvalue weighted by molar-refractivity contribution is -0.132. The number of nitrogens with one attached hydrogen (secondary N) is 1. The fraction of sp³-hybridized carbons (Fsp3) is 0.105. The Morgan fingerprint density at radius 3 is 2.46 bits per heavy atom. The van der Waals surface area contributed by atoms with Crippen LogP contribution in [0.15, 0.2) is 64.0 Å². The van der Waals surface area contributed by atoms with Gasteiger partial charge in [-0.15, -0.1) is 0 Å². The highest BCUT2D eigenvalue weighted by molar-refractivity contribution is 9.10. The Kier molecular flexibility index (Phi) is 5.90. The number of carbonyl (C=O) groups excluding carboxylic acids is 2. The third kappa shape index (κ3) is 4.23. The van der Waals surface area contributed by atoms with Crippen molar-refractivity contribution in [2.24, 2.45) is 0 Å². The molecule has 0 spiro atoms. The number of halogens is 1. The molecule has 3 rings (SSSR count). The average Bonchev–Trinajstić information content (AvgIpc) is 2.91. The van der Waals surface area contributed by atoms with E-state index in [0.29, 0.717) is 9.23 Å². The Balaban J connectivity index is 1.75. The minimum Gasteiger partial charge on any atom is -0.273 e. The van der Waals surface area contributed by atoms with Crippen LogP contribution >= 0.6 is 39.9 Å². The van der Waals surface area contributed by atoms with Gasteiger partial charge in [0.25, 0.3) is 5.91 Å². The van der Waals surface area contributed by atoms with Crippen molar-refractivity contribution in [1.82, 2.24) is 10.4 Å². The molecule has 2 aromatic carbocycles. The Morgan fingerprint density at radius 1 is 1.15 bits per heavy atom. The summed E-state index contributed by atoms with van der Waals surface area (Å²) in [6.07, 6.45) is 0.183. The van der Waals surface area contributed by atoms with Crippen molar-refractivity contribution in [3.05, 3.63) is 75.1 Å². The first-order valence-electron chi connectivity index (χ1n) is 7.82. The standard InChI is InChI=1S/C19H15BrN2O2S2/c1-12(14-7-9-15(20)10-8-14)17-18(24)22(19(25)26-17)21-16(23)11-13-5-3-2-4-6-13/h2-10H,11H2,1H3,(H,21,23)/b17-12-. The van der Waals surface area contributed by atoms with E-state index in [9.17, 15) is 9.59 Å². The van der Waals surface area contributed by atoms with Gasteiger partial charge >= 0.3 is 0 Å². The molecule has 1 fully saturated rings. The molecule has 1 aliphatic rings. The van der Waals surface area contributed by atoms with E-state index in [2.05, 4.69) is 21.4 Å². The molecule has 1 saturated heterocycles. The topological polar surface area (TPSA) is 49.4 Å². The molecule has 0 bridgehead atoms.